The molecule has 1 atom stereocenters. The quantitative estimate of drug-likeness (QED) is 0.663. The number of carboxylic acid groups (broad SMARTS) is 2. The number of ether oxygens (including phenoxy) is 1. The second-order valence-electron chi connectivity index (χ2n) is 7.16. The van der Waals surface area contributed by atoms with Crippen LogP contribution in [0.4, 0.5) is 0 Å². The Labute approximate surface area is 154 Å². The van der Waals surface area contributed by atoms with E-state index < -0.39 is 23.6 Å². The molecule has 146 valence electrons. The first-order chi connectivity index (χ1) is 11.8. The van der Waals surface area contributed by atoms with Crippen LogP contribution >= 0.6 is 0 Å². The summed E-state index contributed by atoms with van der Waals surface area (Å²) in [6, 6.07) is 6.38. The van der Waals surface area contributed by atoms with Crippen molar-refractivity contribution in [2.45, 2.75) is 59.7 Å². The molecule has 1 aromatic rings. The van der Waals surface area contributed by atoms with Crippen LogP contribution in [-0.4, -0.2) is 39.8 Å². The normalized spacial score (nSPS) is 12.0. The van der Waals surface area contributed by atoms with Crippen molar-refractivity contribution in [3.05, 3.63) is 35.4 Å². The first-order valence-corrected chi connectivity index (χ1v) is 8.31. The maximum atomic E-state index is 11.9. The van der Waals surface area contributed by atoms with E-state index in [1.807, 2.05) is 34.6 Å². The zero-order chi connectivity index (χ0) is 20.5. The van der Waals surface area contributed by atoms with Crippen molar-refractivity contribution in [2.24, 2.45) is 5.92 Å². The Bertz CT molecular complexity index is 597. The molecule has 26 heavy (non-hydrogen) atoms. The molecule has 0 radical (unpaired) electrons. The van der Waals surface area contributed by atoms with Gasteiger partial charge in [-0.25, -0.2) is 4.79 Å². The van der Waals surface area contributed by atoms with Crippen LogP contribution in [-0.2, 0) is 20.9 Å². The number of carbonyl (C=O) groups excluding carboxylic acids is 1. The van der Waals surface area contributed by atoms with Crippen LogP contribution < -0.4 is 5.32 Å². The number of carboxylic acids is 2. The summed E-state index contributed by atoms with van der Waals surface area (Å²) in [7, 11) is 0. The molecule has 0 spiro atoms. The van der Waals surface area contributed by atoms with Gasteiger partial charge >= 0.3 is 11.9 Å². The van der Waals surface area contributed by atoms with Crippen LogP contribution in [0.25, 0.3) is 0 Å². The average molecular weight is 367 g/mol. The molecule has 0 saturated heterocycles. The molecule has 0 amide bonds. The summed E-state index contributed by atoms with van der Waals surface area (Å²) in [5.41, 5.74) is 0.875. The van der Waals surface area contributed by atoms with E-state index in [2.05, 4.69) is 5.32 Å². The second kappa shape index (κ2) is 10.6. The first kappa shape index (κ1) is 23.6. The summed E-state index contributed by atoms with van der Waals surface area (Å²) in [5.74, 6) is -2.06. The maximum Gasteiger partial charge on any atom is 0.338 e. The van der Waals surface area contributed by atoms with Crippen molar-refractivity contribution >= 4 is 17.9 Å². The topological polar surface area (TPSA) is 113 Å². The molecule has 0 aliphatic carbocycles. The van der Waals surface area contributed by atoms with Gasteiger partial charge in [0.2, 0.25) is 0 Å². The Kier molecular flexibility index (Phi) is 9.57. The highest BCUT2D eigenvalue weighted by Gasteiger charge is 2.21. The van der Waals surface area contributed by atoms with E-state index in [1.165, 1.54) is 0 Å². The van der Waals surface area contributed by atoms with Crippen molar-refractivity contribution in [2.75, 3.05) is 0 Å². The molecule has 0 fully saturated rings. The van der Waals surface area contributed by atoms with Crippen LogP contribution in [0.3, 0.4) is 0 Å². The van der Waals surface area contributed by atoms with Crippen molar-refractivity contribution < 1.29 is 29.3 Å². The van der Waals surface area contributed by atoms with E-state index in [-0.39, 0.29) is 11.9 Å². The third-order valence-corrected chi connectivity index (χ3v) is 3.05. The van der Waals surface area contributed by atoms with E-state index >= 15 is 0 Å². The number of carbonyl (C=O) groups is 3. The van der Waals surface area contributed by atoms with Crippen molar-refractivity contribution in [1.29, 1.82) is 0 Å². The highest BCUT2D eigenvalue weighted by Crippen LogP contribution is 2.13. The molecule has 0 heterocycles. The van der Waals surface area contributed by atoms with Gasteiger partial charge < -0.3 is 20.3 Å². The van der Waals surface area contributed by atoms with Crippen LogP contribution in [0, 0.1) is 5.92 Å². The van der Waals surface area contributed by atoms with Crippen LogP contribution in [0.15, 0.2) is 24.3 Å². The molecular weight excluding hydrogens is 338 g/mol. The Morgan fingerprint density at radius 2 is 1.54 bits per heavy atom. The van der Waals surface area contributed by atoms with Crippen molar-refractivity contribution in [3.63, 3.8) is 0 Å². The van der Waals surface area contributed by atoms with Gasteiger partial charge in [0.05, 0.1) is 5.56 Å². The van der Waals surface area contributed by atoms with Gasteiger partial charge in [-0.1, -0.05) is 26.0 Å². The lowest BCUT2D eigenvalue weighted by atomic mass is 10.0. The molecule has 0 saturated carbocycles. The fourth-order valence-corrected chi connectivity index (χ4v) is 1.93. The summed E-state index contributed by atoms with van der Waals surface area (Å²) in [6.45, 7) is 10.7. The second-order valence-corrected chi connectivity index (χ2v) is 7.16. The molecular formula is C19H29NO6. The molecule has 0 aliphatic rings. The van der Waals surface area contributed by atoms with E-state index in [0.717, 1.165) is 12.5 Å². The van der Waals surface area contributed by atoms with E-state index in [0.29, 0.717) is 12.1 Å². The number of hydrogen-bond acceptors (Lipinski definition) is 5. The number of nitrogens with one attached hydrogen (secondary N) is 1. The summed E-state index contributed by atoms with van der Waals surface area (Å²) >= 11 is 0. The van der Waals surface area contributed by atoms with Crippen LogP contribution in [0.1, 0.15) is 57.5 Å². The van der Waals surface area contributed by atoms with Crippen molar-refractivity contribution in [3.8, 4) is 0 Å². The third kappa shape index (κ3) is 10.5. The standard InChI is InChI=1S/C17H25NO4.C2H4O2/c1-11(2)14(15(19)20)18-10-12-6-8-13(9-7-12)16(21)22-17(3,4)5;1-2(3)4/h6-9,11,14,18H,10H2,1-5H3,(H,19,20);1H3,(H,3,4)/t14-;/m1./s1. The number of esters is 1. The minimum Gasteiger partial charge on any atom is -0.481 e. The highest BCUT2D eigenvalue weighted by molar-refractivity contribution is 5.89. The lowest BCUT2D eigenvalue weighted by molar-refractivity contribution is -0.140. The fraction of sp³-hybridized carbons (Fsp3) is 0.526. The molecule has 0 unspecified atom stereocenters. The molecule has 0 aromatic heterocycles. The fourth-order valence-electron chi connectivity index (χ4n) is 1.93. The SMILES string of the molecule is CC(=O)O.CC(C)[C@@H](NCc1ccc(C(=O)OC(C)(C)C)cc1)C(=O)O. The van der Waals surface area contributed by atoms with Crippen molar-refractivity contribution in [1.82, 2.24) is 5.32 Å². The van der Waals surface area contributed by atoms with Gasteiger partial charge in [-0.15, -0.1) is 0 Å². The summed E-state index contributed by atoms with van der Waals surface area (Å²) < 4.78 is 5.29. The van der Waals surface area contributed by atoms with Gasteiger partial charge in [-0.2, -0.15) is 0 Å². The largest absolute Gasteiger partial charge is 0.481 e. The van der Waals surface area contributed by atoms with E-state index in [9.17, 15) is 9.59 Å². The van der Waals surface area contributed by atoms with Gasteiger partial charge in [0, 0.05) is 13.5 Å². The molecule has 3 N–H and O–H groups in total. The van der Waals surface area contributed by atoms with Gasteiger partial charge in [-0.05, 0) is 44.4 Å². The zero-order valence-electron chi connectivity index (χ0n) is 16.2. The van der Waals surface area contributed by atoms with Crippen LogP contribution in [0.5, 0.6) is 0 Å². The summed E-state index contributed by atoms with van der Waals surface area (Å²) in [5, 5.41) is 19.5. The Morgan fingerprint density at radius 1 is 1.08 bits per heavy atom. The number of benzene rings is 1. The average Bonchev–Trinajstić information content (AvgIpc) is 2.44. The Hall–Kier alpha value is -2.41. The van der Waals surface area contributed by atoms with Gasteiger partial charge in [0.25, 0.3) is 5.97 Å². The molecule has 7 heteroatoms. The first-order valence-electron chi connectivity index (χ1n) is 8.31. The van der Waals surface area contributed by atoms with E-state index in [1.54, 1.807) is 24.3 Å². The monoisotopic (exact) mass is 367 g/mol. The Morgan fingerprint density at radius 3 is 1.88 bits per heavy atom. The lowest BCUT2D eigenvalue weighted by Gasteiger charge is -2.20. The smallest absolute Gasteiger partial charge is 0.338 e. The van der Waals surface area contributed by atoms with Gasteiger partial charge in [0.1, 0.15) is 11.6 Å². The number of hydrogen-bond donors (Lipinski definition) is 3. The number of aliphatic carboxylic acids is 2. The lowest BCUT2D eigenvalue weighted by Crippen LogP contribution is -2.40. The molecule has 7 nitrogen and oxygen atoms in total. The minimum atomic E-state index is -0.861. The van der Waals surface area contributed by atoms with Gasteiger partial charge in [-0.3, -0.25) is 9.59 Å². The summed E-state index contributed by atoms with van der Waals surface area (Å²) in [4.78, 5) is 32.0. The molecule has 0 bridgehead atoms. The minimum absolute atomic E-state index is 0.00135. The molecule has 1 rings (SSSR count). The summed E-state index contributed by atoms with van der Waals surface area (Å²) in [6.07, 6.45) is 0. The highest BCUT2D eigenvalue weighted by atomic mass is 16.6. The maximum absolute atomic E-state index is 11.9. The number of rotatable bonds is 6. The van der Waals surface area contributed by atoms with Crippen LogP contribution in [0.2, 0.25) is 0 Å². The van der Waals surface area contributed by atoms with Gasteiger partial charge in [0.15, 0.2) is 0 Å². The Balaban J connectivity index is 0.00000141. The molecule has 1 aromatic carbocycles. The molecule has 0 aliphatic heterocycles. The predicted molar refractivity (Wildman–Crippen MR) is 98.0 cm³/mol. The zero-order valence-corrected chi connectivity index (χ0v) is 16.2. The van der Waals surface area contributed by atoms with E-state index in [4.69, 9.17) is 19.7 Å². The predicted octanol–water partition coefficient (Wildman–Crippen LogP) is 2.93. The third-order valence-electron chi connectivity index (χ3n) is 3.05.